The minimum Gasteiger partial charge on any atom is -0.0790 e. The van der Waals surface area contributed by atoms with Crippen LogP contribution in [0.4, 0.5) is 0 Å². The molecule has 2 atom stereocenters. The van der Waals surface area contributed by atoms with Gasteiger partial charge in [-0.15, -0.1) is 0 Å². The molecule has 0 spiro atoms. The van der Waals surface area contributed by atoms with Gasteiger partial charge in [0.2, 0.25) is 0 Å². The van der Waals surface area contributed by atoms with E-state index in [9.17, 15) is 0 Å². The van der Waals surface area contributed by atoms with E-state index in [1.54, 1.807) is 5.57 Å². The summed E-state index contributed by atoms with van der Waals surface area (Å²) in [4.78, 5) is 0. The molecule has 0 heterocycles. The second-order valence-electron chi connectivity index (χ2n) is 10.8. The van der Waals surface area contributed by atoms with Gasteiger partial charge >= 0.3 is 0 Å². The first kappa shape index (κ1) is 24.5. The average Bonchev–Trinajstić information content (AvgIpc) is 3.22. The van der Waals surface area contributed by atoms with Crippen LogP contribution in [-0.4, -0.2) is 8.07 Å². The van der Waals surface area contributed by atoms with Gasteiger partial charge < -0.3 is 0 Å². The van der Waals surface area contributed by atoms with Gasteiger partial charge in [-0.05, 0) is 69.4 Å². The van der Waals surface area contributed by atoms with Crippen molar-refractivity contribution in [2.75, 3.05) is 0 Å². The molecule has 3 aromatic rings. The lowest BCUT2D eigenvalue weighted by Gasteiger charge is -2.42. The molecule has 0 saturated heterocycles. The molecule has 1 aliphatic rings. The van der Waals surface area contributed by atoms with Gasteiger partial charge in [0.25, 0.3) is 0 Å². The highest BCUT2D eigenvalue weighted by Crippen LogP contribution is 2.40. The normalized spacial score (nSPS) is 16.6. The highest BCUT2D eigenvalue weighted by Gasteiger charge is 2.48. The minimum atomic E-state index is -2.48. The van der Waals surface area contributed by atoms with Crippen LogP contribution in [0.2, 0.25) is 5.54 Å². The lowest BCUT2D eigenvalue weighted by atomic mass is 9.97. The smallest absolute Gasteiger partial charge is 0.0790 e. The molecule has 0 radical (unpaired) electrons. The SMILES string of the molecule is CCC(C)C1=CC=CC1[Si](c1cc(C)cc(C)c1)(c1cc(C)cc(C)c1)c1cc(C)cc(C)c1. The number of aryl methyl sites for hydroxylation is 6. The Hall–Kier alpha value is -2.64. The van der Waals surface area contributed by atoms with Crippen LogP contribution in [0.5, 0.6) is 0 Å². The predicted molar refractivity (Wildman–Crippen MR) is 153 cm³/mol. The van der Waals surface area contributed by atoms with E-state index in [-0.39, 0.29) is 0 Å². The van der Waals surface area contributed by atoms with Crippen molar-refractivity contribution >= 4 is 23.6 Å². The van der Waals surface area contributed by atoms with E-state index in [1.807, 2.05) is 0 Å². The summed E-state index contributed by atoms with van der Waals surface area (Å²) in [7, 11) is -2.48. The molecule has 0 aliphatic heterocycles. The van der Waals surface area contributed by atoms with E-state index in [1.165, 1.54) is 55.4 Å². The molecule has 0 fully saturated rings. The molecule has 1 aliphatic carbocycles. The zero-order valence-corrected chi connectivity index (χ0v) is 23.3. The van der Waals surface area contributed by atoms with Gasteiger partial charge in [0.1, 0.15) is 0 Å². The summed E-state index contributed by atoms with van der Waals surface area (Å²) in [6.07, 6.45) is 8.46. The first-order chi connectivity index (χ1) is 16.1. The zero-order valence-electron chi connectivity index (χ0n) is 22.3. The Balaban J connectivity index is 2.20. The fraction of sp³-hybridized carbons (Fsp3) is 0.333. The summed E-state index contributed by atoms with van der Waals surface area (Å²) in [5.74, 6) is 0.564. The van der Waals surface area contributed by atoms with Crippen molar-refractivity contribution in [3.8, 4) is 0 Å². The van der Waals surface area contributed by atoms with Gasteiger partial charge in [-0.25, -0.2) is 0 Å². The largest absolute Gasteiger partial charge is 0.159 e. The third-order valence-corrected chi connectivity index (χ3v) is 12.7. The summed E-state index contributed by atoms with van der Waals surface area (Å²) >= 11 is 0. The van der Waals surface area contributed by atoms with E-state index >= 15 is 0 Å². The molecule has 0 bridgehead atoms. The number of rotatable bonds is 6. The zero-order chi connectivity index (χ0) is 24.6. The van der Waals surface area contributed by atoms with Crippen LogP contribution in [0.3, 0.4) is 0 Å². The van der Waals surface area contributed by atoms with E-state index in [0.29, 0.717) is 11.5 Å². The number of hydrogen-bond acceptors (Lipinski definition) is 0. The highest BCUT2D eigenvalue weighted by molar-refractivity contribution is 7.13. The van der Waals surface area contributed by atoms with Gasteiger partial charge in [-0.1, -0.05) is 126 Å². The van der Waals surface area contributed by atoms with Gasteiger partial charge in [0.15, 0.2) is 8.07 Å². The van der Waals surface area contributed by atoms with Crippen LogP contribution in [0.25, 0.3) is 0 Å². The Bertz CT molecular complexity index is 1090. The minimum absolute atomic E-state index is 0.408. The molecule has 34 heavy (non-hydrogen) atoms. The molecule has 0 amide bonds. The van der Waals surface area contributed by atoms with Crippen molar-refractivity contribution in [1.29, 1.82) is 0 Å². The molecule has 4 rings (SSSR count). The van der Waals surface area contributed by atoms with Crippen molar-refractivity contribution in [2.45, 2.75) is 67.4 Å². The van der Waals surface area contributed by atoms with E-state index < -0.39 is 8.07 Å². The fourth-order valence-corrected chi connectivity index (χ4v) is 12.3. The van der Waals surface area contributed by atoms with Gasteiger partial charge in [-0.3, -0.25) is 0 Å². The molecule has 176 valence electrons. The Morgan fingerprint density at radius 1 is 0.618 bits per heavy atom. The molecule has 2 unspecified atom stereocenters. The Labute approximate surface area is 208 Å². The van der Waals surface area contributed by atoms with Crippen molar-refractivity contribution < 1.29 is 0 Å². The molecule has 3 aromatic carbocycles. The van der Waals surface area contributed by atoms with Crippen LogP contribution in [0.15, 0.2) is 78.4 Å². The molecule has 0 N–H and O–H groups in total. The highest BCUT2D eigenvalue weighted by atomic mass is 28.3. The molecule has 0 nitrogen and oxygen atoms in total. The maximum atomic E-state index is 2.53. The molecular formula is C33H40Si. The summed E-state index contributed by atoms with van der Waals surface area (Å²) < 4.78 is 0. The van der Waals surface area contributed by atoms with E-state index in [2.05, 4.69) is 128 Å². The third-order valence-electron chi connectivity index (χ3n) is 7.63. The lowest BCUT2D eigenvalue weighted by Crippen LogP contribution is -2.70. The lowest BCUT2D eigenvalue weighted by molar-refractivity contribution is 0.643. The second kappa shape index (κ2) is 9.54. The van der Waals surface area contributed by atoms with Crippen LogP contribution < -0.4 is 15.6 Å². The standard InChI is InChI=1S/C33H40Si/c1-9-28(8)32-11-10-12-33(32)34(29-16-22(2)13-23(3)17-29,30-18-24(4)14-25(5)19-30)31-20-26(6)15-27(7)21-31/h10-21,28,33H,9H2,1-8H3. The summed E-state index contributed by atoms with van der Waals surface area (Å²) in [5, 5.41) is 4.60. The number of benzene rings is 3. The summed E-state index contributed by atoms with van der Waals surface area (Å²) in [6, 6.07) is 21.9. The van der Waals surface area contributed by atoms with Crippen LogP contribution in [0.1, 0.15) is 53.6 Å². The fourth-order valence-electron chi connectivity index (χ4n) is 6.24. The van der Waals surface area contributed by atoms with Crippen LogP contribution >= 0.6 is 0 Å². The molecule has 1 heteroatoms. The first-order valence-corrected chi connectivity index (χ1v) is 14.9. The Kier molecular flexibility index (Phi) is 6.87. The summed E-state index contributed by atoms with van der Waals surface area (Å²) in [6.45, 7) is 18.3. The van der Waals surface area contributed by atoms with Crippen molar-refractivity contribution in [3.63, 3.8) is 0 Å². The van der Waals surface area contributed by atoms with Crippen LogP contribution in [-0.2, 0) is 0 Å². The topological polar surface area (TPSA) is 0 Å². The van der Waals surface area contributed by atoms with Crippen molar-refractivity contribution in [1.82, 2.24) is 0 Å². The van der Waals surface area contributed by atoms with Gasteiger partial charge in [0.05, 0.1) is 0 Å². The number of hydrogen-bond donors (Lipinski definition) is 0. The average molecular weight is 465 g/mol. The third kappa shape index (κ3) is 4.39. The summed E-state index contributed by atoms with van der Waals surface area (Å²) in [5.41, 5.74) is 10.2. The van der Waals surface area contributed by atoms with E-state index in [0.717, 1.165) is 0 Å². The van der Waals surface area contributed by atoms with Crippen molar-refractivity contribution in [3.05, 3.63) is 112 Å². The Morgan fingerprint density at radius 2 is 0.971 bits per heavy atom. The van der Waals surface area contributed by atoms with E-state index in [4.69, 9.17) is 0 Å². The van der Waals surface area contributed by atoms with Gasteiger partial charge in [0, 0.05) is 5.54 Å². The van der Waals surface area contributed by atoms with Gasteiger partial charge in [-0.2, -0.15) is 0 Å². The predicted octanol–water partition coefficient (Wildman–Crippen LogP) is 6.92. The monoisotopic (exact) mass is 464 g/mol. The molecule has 0 aromatic heterocycles. The van der Waals surface area contributed by atoms with Crippen LogP contribution in [0, 0.1) is 47.5 Å². The molecule has 0 saturated carbocycles. The Morgan fingerprint density at radius 3 is 1.29 bits per heavy atom. The first-order valence-electron chi connectivity index (χ1n) is 12.8. The quantitative estimate of drug-likeness (QED) is 0.274. The maximum Gasteiger partial charge on any atom is 0.159 e. The van der Waals surface area contributed by atoms with Crippen molar-refractivity contribution in [2.24, 2.45) is 5.92 Å². The second-order valence-corrected chi connectivity index (χ2v) is 14.7. The number of allylic oxidation sites excluding steroid dienone is 4. The molecular weight excluding hydrogens is 424 g/mol. The maximum absolute atomic E-state index is 2.53.